The third kappa shape index (κ3) is 3.30. The number of carbonyl (C=O) groups excluding carboxylic acids is 1. The number of benzene rings is 1. The number of esters is 1. The summed E-state index contributed by atoms with van der Waals surface area (Å²) in [4.78, 5) is 13.2. The molecule has 2 saturated carbocycles. The van der Waals surface area contributed by atoms with E-state index in [4.69, 9.17) is 9.15 Å². The molecule has 2 fully saturated rings. The fraction of sp³-hybridized carbons (Fsp3) is 0.593. The van der Waals surface area contributed by atoms with E-state index in [0.717, 1.165) is 35.9 Å². The Kier molecular flexibility index (Phi) is 5.37. The van der Waals surface area contributed by atoms with E-state index in [9.17, 15) is 9.90 Å². The Labute approximate surface area is 198 Å². The lowest BCUT2D eigenvalue weighted by Crippen LogP contribution is -2.65. The first kappa shape index (κ1) is 22.2. The molecule has 7 atom stereocenters. The molecular formula is C27H33BrO4. The molecule has 4 nitrogen and oxygen atoms in total. The Bertz CT molecular complexity index is 1010. The zero-order chi connectivity index (χ0) is 22.8. The van der Waals surface area contributed by atoms with Crippen LogP contribution in [0.2, 0.25) is 0 Å². The number of hydrogen-bond donors (Lipinski definition) is 1. The van der Waals surface area contributed by atoms with Crippen LogP contribution >= 0.6 is 15.9 Å². The Morgan fingerprint density at radius 2 is 1.88 bits per heavy atom. The lowest BCUT2D eigenvalue weighted by atomic mass is 9.42. The van der Waals surface area contributed by atoms with E-state index in [0.29, 0.717) is 11.5 Å². The van der Waals surface area contributed by atoms with E-state index in [-0.39, 0.29) is 34.6 Å². The van der Waals surface area contributed by atoms with E-state index < -0.39 is 12.2 Å². The standard InChI is InChI=1S/C27H33BrO4/c1-15-18-10-13-31-20(18)14-19-21(15)22(29)23(24-26(2,3)11-5-12-27(19,24)4)32-25(30)16-6-8-17(28)9-7-16/h6-10,13,15,19,21-24,29H,5,11-12,14H2,1-4H3/t15-,19-,21-,22+,23-,24-,27+/m0/s1. The molecule has 0 saturated heterocycles. The van der Waals surface area contributed by atoms with Crippen LogP contribution in [-0.2, 0) is 11.2 Å². The summed E-state index contributed by atoms with van der Waals surface area (Å²) in [6, 6.07) is 9.29. The van der Waals surface area contributed by atoms with Crippen LogP contribution < -0.4 is 0 Å². The molecule has 3 aliphatic carbocycles. The molecule has 1 heterocycles. The maximum absolute atomic E-state index is 13.2. The van der Waals surface area contributed by atoms with Crippen molar-refractivity contribution in [2.45, 2.75) is 71.5 Å². The predicted octanol–water partition coefficient (Wildman–Crippen LogP) is 6.37. The molecule has 2 aromatic rings. The first-order valence-corrected chi connectivity index (χ1v) is 12.6. The molecule has 1 aromatic carbocycles. The van der Waals surface area contributed by atoms with Crippen molar-refractivity contribution in [3.63, 3.8) is 0 Å². The maximum atomic E-state index is 13.2. The van der Waals surface area contributed by atoms with Gasteiger partial charge in [0.05, 0.1) is 17.9 Å². The van der Waals surface area contributed by atoms with Crippen LogP contribution in [0.15, 0.2) is 45.5 Å². The van der Waals surface area contributed by atoms with Gasteiger partial charge in [-0.2, -0.15) is 0 Å². The van der Waals surface area contributed by atoms with Crippen molar-refractivity contribution >= 4 is 21.9 Å². The second kappa shape index (κ2) is 7.73. The third-order valence-electron chi connectivity index (χ3n) is 9.04. The van der Waals surface area contributed by atoms with Gasteiger partial charge >= 0.3 is 5.97 Å². The Morgan fingerprint density at radius 3 is 2.59 bits per heavy atom. The van der Waals surface area contributed by atoms with Crippen molar-refractivity contribution in [2.75, 3.05) is 0 Å². The van der Waals surface area contributed by atoms with Crippen LogP contribution in [0.5, 0.6) is 0 Å². The number of fused-ring (bicyclic) bond motifs is 4. The van der Waals surface area contributed by atoms with Crippen molar-refractivity contribution in [1.29, 1.82) is 0 Å². The molecule has 5 rings (SSSR count). The number of aliphatic hydroxyl groups is 1. The summed E-state index contributed by atoms with van der Waals surface area (Å²) in [5, 5.41) is 11.8. The second-order valence-corrected chi connectivity index (χ2v) is 12.1. The molecule has 172 valence electrons. The minimum absolute atomic E-state index is 0.0315. The molecule has 0 radical (unpaired) electrons. The van der Waals surface area contributed by atoms with Crippen LogP contribution in [0.25, 0.3) is 0 Å². The first-order valence-electron chi connectivity index (χ1n) is 11.8. The molecule has 1 aromatic heterocycles. The zero-order valence-electron chi connectivity index (χ0n) is 19.3. The summed E-state index contributed by atoms with van der Waals surface area (Å²) < 4.78 is 13.0. The maximum Gasteiger partial charge on any atom is 0.338 e. The van der Waals surface area contributed by atoms with Crippen LogP contribution in [0, 0.1) is 28.6 Å². The highest BCUT2D eigenvalue weighted by Gasteiger charge is 2.64. The van der Waals surface area contributed by atoms with Gasteiger partial charge in [-0.3, -0.25) is 0 Å². The molecule has 1 N–H and O–H groups in total. The highest BCUT2D eigenvalue weighted by atomic mass is 79.9. The molecule has 0 unspecified atom stereocenters. The molecule has 3 aliphatic rings. The number of ether oxygens (including phenoxy) is 1. The summed E-state index contributed by atoms with van der Waals surface area (Å²) in [6.07, 6.45) is 4.73. The topological polar surface area (TPSA) is 59.7 Å². The fourth-order valence-electron chi connectivity index (χ4n) is 7.72. The highest BCUT2D eigenvalue weighted by Crippen LogP contribution is 2.65. The number of rotatable bonds is 2. The number of hydrogen-bond acceptors (Lipinski definition) is 4. The average Bonchev–Trinajstić information content (AvgIpc) is 3.20. The monoisotopic (exact) mass is 500 g/mol. The predicted molar refractivity (Wildman–Crippen MR) is 126 cm³/mol. The summed E-state index contributed by atoms with van der Waals surface area (Å²) in [6.45, 7) is 9.14. The normalized spacial score (nSPS) is 37.7. The van der Waals surface area contributed by atoms with Crippen molar-refractivity contribution in [3.8, 4) is 0 Å². The van der Waals surface area contributed by atoms with Gasteiger partial charge in [-0.15, -0.1) is 0 Å². The van der Waals surface area contributed by atoms with Gasteiger partial charge in [-0.25, -0.2) is 4.79 Å². The SMILES string of the molecule is C[C@H]1c2ccoc2C[C@H]2[C@H]1[C@@H](O)[C@H](OC(=O)c1ccc(Br)cc1)[C@H]1C(C)(C)CCC[C@]21C. The van der Waals surface area contributed by atoms with Gasteiger partial charge in [0.25, 0.3) is 0 Å². The summed E-state index contributed by atoms with van der Waals surface area (Å²) in [5.41, 5.74) is 1.65. The molecule has 0 bridgehead atoms. The summed E-state index contributed by atoms with van der Waals surface area (Å²) in [7, 11) is 0. The molecular weight excluding hydrogens is 468 g/mol. The van der Waals surface area contributed by atoms with E-state index in [1.165, 1.54) is 5.56 Å². The van der Waals surface area contributed by atoms with Crippen molar-refractivity contribution in [1.82, 2.24) is 0 Å². The van der Waals surface area contributed by atoms with Crippen molar-refractivity contribution in [2.24, 2.45) is 28.6 Å². The molecule has 0 amide bonds. The third-order valence-corrected chi connectivity index (χ3v) is 9.56. The quantitative estimate of drug-likeness (QED) is 0.486. The van der Waals surface area contributed by atoms with E-state index in [2.05, 4.69) is 43.6 Å². The largest absolute Gasteiger partial charge is 0.469 e. The molecule has 32 heavy (non-hydrogen) atoms. The smallest absolute Gasteiger partial charge is 0.338 e. The molecule has 0 spiro atoms. The van der Waals surface area contributed by atoms with Crippen LogP contribution in [0.3, 0.4) is 0 Å². The Morgan fingerprint density at radius 1 is 1.16 bits per heavy atom. The number of carbonyl (C=O) groups is 1. The summed E-state index contributed by atoms with van der Waals surface area (Å²) >= 11 is 3.43. The van der Waals surface area contributed by atoms with Gasteiger partial charge in [-0.1, -0.05) is 50.0 Å². The van der Waals surface area contributed by atoms with Crippen molar-refractivity contribution < 1.29 is 19.1 Å². The van der Waals surface area contributed by atoms with Crippen LogP contribution in [0.1, 0.15) is 74.6 Å². The first-order chi connectivity index (χ1) is 15.1. The minimum atomic E-state index is -0.701. The molecule has 0 aliphatic heterocycles. The van der Waals surface area contributed by atoms with Crippen LogP contribution in [0.4, 0.5) is 0 Å². The van der Waals surface area contributed by atoms with E-state index in [1.54, 1.807) is 18.4 Å². The van der Waals surface area contributed by atoms with Gasteiger partial charge in [-0.05, 0) is 77.3 Å². The zero-order valence-corrected chi connectivity index (χ0v) is 20.9. The van der Waals surface area contributed by atoms with Gasteiger partial charge in [0.1, 0.15) is 11.9 Å². The fourth-order valence-corrected chi connectivity index (χ4v) is 7.98. The van der Waals surface area contributed by atoms with Gasteiger partial charge in [0, 0.05) is 16.8 Å². The average molecular weight is 501 g/mol. The van der Waals surface area contributed by atoms with E-state index >= 15 is 0 Å². The van der Waals surface area contributed by atoms with Gasteiger partial charge in [0.2, 0.25) is 0 Å². The lowest BCUT2D eigenvalue weighted by Gasteiger charge is -2.64. The second-order valence-electron chi connectivity index (χ2n) is 11.2. The minimum Gasteiger partial charge on any atom is -0.469 e. The molecule has 5 heteroatoms. The number of halogens is 1. The lowest BCUT2D eigenvalue weighted by molar-refractivity contribution is -0.216. The van der Waals surface area contributed by atoms with Gasteiger partial charge < -0.3 is 14.3 Å². The Balaban J connectivity index is 1.56. The van der Waals surface area contributed by atoms with Crippen LogP contribution in [-0.4, -0.2) is 23.3 Å². The number of aliphatic hydroxyl groups excluding tert-OH is 1. The van der Waals surface area contributed by atoms with Crippen molar-refractivity contribution in [3.05, 3.63) is 58.0 Å². The summed E-state index contributed by atoms with van der Waals surface area (Å²) in [5.74, 6) is 1.31. The highest BCUT2D eigenvalue weighted by molar-refractivity contribution is 9.10. The Hall–Kier alpha value is -1.59. The van der Waals surface area contributed by atoms with E-state index in [1.807, 2.05) is 18.2 Å². The number of furan rings is 1. The van der Waals surface area contributed by atoms with Gasteiger partial charge in [0.15, 0.2) is 0 Å².